The Morgan fingerprint density at radius 2 is 1.64 bits per heavy atom. The molecule has 0 atom stereocenters. The molecule has 0 radical (unpaired) electrons. The molecule has 2 amide bonds. The van der Waals surface area contributed by atoms with Crippen molar-refractivity contribution in [1.29, 1.82) is 0 Å². The molecule has 12 heteroatoms. The number of halogens is 2. The largest absolute Gasteiger partial charge is 0.484 e. The van der Waals surface area contributed by atoms with Crippen molar-refractivity contribution >= 4 is 67.0 Å². The summed E-state index contributed by atoms with van der Waals surface area (Å²) >= 11 is 9.27. The maximum Gasteiger partial charge on any atom is 0.264 e. The van der Waals surface area contributed by atoms with Crippen molar-refractivity contribution in [2.75, 3.05) is 22.8 Å². The van der Waals surface area contributed by atoms with E-state index in [0.29, 0.717) is 27.7 Å². The highest BCUT2D eigenvalue weighted by Gasteiger charge is 2.27. The van der Waals surface area contributed by atoms with Crippen molar-refractivity contribution in [3.63, 3.8) is 0 Å². The van der Waals surface area contributed by atoms with Crippen LogP contribution in [0.4, 0.5) is 11.4 Å². The van der Waals surface area contributed by atoms with Crippen LogP contribution in [-0.4, -0.2) is 39.6 Å². The number of hydrazone groups is 1. The van der Waals surface area contributed by atoms with Gasteiger partial charge in [0, 0.05) is 15.2 Å². The topological polar surface area (TPSA) is 117 Å². The summed E-state index contributed by atoms with van der Waals surface area (Å²) in [7, 11) is -4.04. The molecule has 216 valence electrons. The molecule has 0 spiro atoms. The van der Waals surface area contributed by atoms with Crippen molar-refractivity contribution < 1.29 is 22.7 Å². The summed E-state index contributed by atoms with van der Waals surface area (Å²) in [5.41, 5.74) is 4.83. The van der Waals surface area contributed by atoms with Crippen LogP contribution < -0.4 is 19.8 Å². The van der Waals surface area contributed by atoms with Crippen LogP contribution in [0, 0.1) is 6.92 Å². The number of carbonyl (C=O) groups excluding carboxylic acids is 2. The highest BCUT2D eigenvalue weighted by molar-refractivity contribution is 9.10. The third-order valence-electron chi connectivity index (χ3n) is 5.77. The molecule has 0 unspecified atom stereocenters. The predicted molar refractivity (Wildman–Crippen MR) is 168 cm³/mol. The van der Waals surface area contributed by atoms with Crippen LogP contribution in [0.1, 0.15) is 11.1 Å². The van der Waals surface area contributed by atoms with Gasteiger partial charge in [-0.1, -0.05) is 51.3 Å². The van der Waals surface area contributed by atoms with Gasteiger partial charge in [0.1, 0.15) is 12.3 Å². The molecule has 2 N–H and O–H groups in total. The van der Waals surface area contributed by atoms with Gasteiger partial charge in [-0.15, -0.1) is 0 Å². The van der Waals surface area contributed by atoms with E-state index in [9.17, 15) is 18.0 Å². The van der Waals surface area contributed by atoms with E-state index in [1.165, 1.54) is 18.3 Å². The average Bonchev–Trinajstić information content (AvgIpc) is 2.96. The molecule has 0 aliphatic rings. The Hall–Kier alpha value is -4.19. The number of hydrogen-bond donors (Lipinski definition) is 2. The van der Waals surface area contributed by atoms with E-state index >= 15 is 0 Å². The fraction of sp³-hybridized carbons (Fsp3) is 0.100. The number of nitrogens with zero attached hydrogens (tertiary/aromatic N) is 2. The van der Waals surface area contributed by atoms with E-state index in [1.54, 1.807) is 84.9 Å². The fourth-order valence-electron chi connectivity index (χ4n) is 3.67. The van der Waals surface area contributed by atoms with Crippen LogP contribution in [0.5, 0.6) is 5.75 Å². The Kier molecular flexibility index (Phi) is 10.3. The van der Waals surface area contributed by atoms with Gasteiger partial charge in [0.05, 0.1) is 16.8 Å². The molecule has 0 aromatic heterocycles. The molecular formula is C30H26BrClN4O5S. The first kappa shape index (κ1) is 30.8. The van der Waals surface area contributed by atoms with Gasteiger partial charge in [-0.3, -0.25) is 13.9 Å². The number of sulfonamides is 1. The zero-order valence-corrected chi connectivity index (χ0v) is 25.5. The van der Waals surface area contributed by atoms with Crippen molar-refractivity contribution in [3.8, 4) is 5.75 Å². The van der Waals surface area contributed by atoms with E-state index < -0.39 is 22.5 Å². The maximum atomic E-state index is 13.4. The number of carbonyl (C=O) groups is 2. The second-order valence-corrected chi connectivity index (χ2v) is 12.2. The molecule has 4 aromatic rings. The second kappa shape index (κ2) is 14.1. The highest BCUT2D eigenvalue weighted by atomic mass is 79.9. The molecule has 4 aromatic carbocycles. The summed E-state index contributed by atoms with van der Waals surface area (Å²) in [4.78, 5) is 25.0. The summed E-state index contributed by atoms with van der Waals surface area (Å²) in [6.45, 7) is 1.17. The standard InChI is InChI=1S/C30H26BrClN4O5S/c1-21-5-15-28(16-6-21)42(39,40)36(26-11-9-23(31)10-12-26)19-29(37)35-33-18-22-7-13-27(14-8-22)41-20-30(38)34-25-4-2-3-24(32)17-25/h2-18H,19-20H2,1H3,(H,34,38)(H,35,37)/b33-18-. The number of rotatable bonds is 11. The summed E-state index contributed by atoms with van der Waals surface area (Å²) in [6.07, 6.45) is 1.41. The van der Waals surface area contributed by atoms with Crippen molar-refractivity contribution in [1.82, 2.24) is 5.43 Å². The maximum absolute atomic E-state index is 13.4. The first-order valence-corrected chi connectivity index (χ1v) is 15.2. The van der Waals surface area contributed by atoms with Crippen LogP contribution >= 0.6 is 27.5 Å². The van der Waals surface area contributed by atoms with E-state index in [-0.39, 0.29) is 17.4 Å². The lowest BCUT2D eigenvalue weighted by molar-refractivity contribution is -0.119. The minimum atomic E-state index is -4.04. The third kappa shape index (κ3) is 8.65. The van der Waals surface area contributed by atoms with E-state index in [0.717, 1.165) is 14.3 Å². The third-order valence-corrected chi connectivity index (χ3v) is 8.32. The first-order valence-electron chi connectivity index (χ1n) is 12.6. The second-order valence-electron chi connectivity index (χ2n) is 9.01. The Morgan fingerprint density at radius 1 is 0.952 bits per heavy atom. The minimum Gasteiger partial charge on any atom is -0.484 e. The lowest BCUT2D eigenvalue weighted by Crippen LogP contribution is -2.39. The molecule has 0 fully saturated rings. The first-order chi connectivity index (χ1) is 20.1. The van der Waals surface area contributed by atoms with Gasteiger partial charge in [0.15, 0.2) is 6.61 Å². The van der Waals surface area contributed by atoms with Gasteiger partial charge in [-0.05, 0) is 91.3 Å². The average molecular weight is 670 g/mol. The molecule has 4 rings (SSSR count). The number of benzene rings is 4. The quantitative estimate of drug-likeness (QED) is 0.155. The Morgan fingerprint density at radius 3 is 2.31 bits per heavy atom. The summed E-state index contributed by atoms with van der Waals surface area (Å²) in [6, 6.07) is 26.5. The number of ether oxygens (including phenoxy) is 1. The number of aryl methyl sites for hydroxylation is 1. The van der Waals surface area contributed by atoms with Crippen molar-refractivity contribution in [2.45, 2.75) is 11.8 Å². The van der Waals surface area contributed by atoms with Crippen molar-refractivity contribution in [3.05, 3.63) is 118 Å². The van der Waals surface area contributed by atoms with Crippen LogP contribution in [0.15, 0.2) is 112 Å². The van der Waals surface area contributed by atoms with Crippen molar-refractivity contribution in [2.24, 2.45) is 5.10 Å². The van der Waals surface area contributed by atoms with Gasteiger partial charge in [-0.25, -0.2) is 13.8 Å². The zero-order chi connectivity index (χ0) is 30.1. The lowest BCUT2D eigenvalue weighted by Gasteiger charge is -2.23. The Bertz CT molecular complexity index is 1680. The Labute approximate surface area is 257 Å². The van der Waals surface area contributed by atoms with Crippen LogP contribution in [-0.2, 0) is 19.6 Å². The number of hydrogen-bond acceptors (Lipinski definition) is 6. The molecule has 0 heterocycles. The molecule has 0 saturated heterocycles. The van der Waals surface area contributed by atoms with Gasteiger partial charge >= 0.3 is 0 Å². The molecule has 0 saturated carbocycles. The molecular weight excluding hydrogens is 644 g/mol. The molecule has 42 heavy (non-hydrogen) atoms. The van der Waals surface area contributed by atoms with E-state index in [2.05, 4.69) is 31.8 Å². The van der Waals surface area contributed by atoms with Crippen LogP contribution in [0.25, 0.3) is 0 Å². The van der Waals surface area contributed by atoms with E-state index in [4.69, 9.17) is 16.3 Å². The number of nitrogens with one attached hydrogen (secondary N) is 2. The monoisotopic (exact) mass is 668 g/mol. The predicted octanol–water partition coefficient (Wildman–Crippen LogP) is 5.77. The van der Waals surface area contributed by atoms with Crippen LogP contribution in [0.3, 0.4) is 0 Å². The lowest BCUT2D eigenvalue weighted by atomic mass is 10.2. The van der Waals surface area contributed by atoms with Gasteiger partial charge in [-0.2, -0.15) is 5.10 Å². The fourth-order valence-corrected chi connectivity index (χ4v) is 5.54. The molecule has 9 nitrogen and oxygen atoms in total. The van der Waals surface area contributed by atoms with Gasteiger partial charge in [0.2, 0.25) is 0 Å². The van der Waals surface area contributed by atoms with Gasteiger partial charge < -0.3 is 10.1 Å². The summed E-state index contributed by atoms with van der Waals surface area (Å²) in [5, 5.41) is 7.16. The van der Waals surface area contributed by atoms with E-state index in [1.807, 2.05) is 6.92 Å². The molecule has 0 bridgehead atoms. The summed E-state index contributed by atoms with van der Waals surface area (Å²) < 4.78 is 34.2. The summed E-state index contributed by atoms with van der Waals surface area (Å²) in [5.74, 6) is -0.508. The Balaban J connectivity index is 1.34. The van der Waals surface area contributed by atoms with Crippen LogP contribution in [0.2, 0.25) is 5.02 Å². The normalized spacial score (nSPS) is 11.2. The number of anilines is 2. The SMILES string of the molecule is Cc1ccc(S(=O)(=O)N(CC(=O)N/N=C\c2ccc(OCC(=O)Nc3cccc(Cl)c3)cc2)c2ccc(Br)cc2)cc1. The zero-order valence-electron chi connectivity index (χ0n) is 22.3. The van der Waals surface area contributed by atoms with Gasteiger partial charge in [0.25, 0.3) is 21.8 Å². The highest BCUT2D eigenvalue weighted by Crippen LogP contribution is 2.25. The smallest absolute Gasteiger partial charge is 0.264 e. The minimum absolute atomic E-state index is 0.0663. The number of amides is 2. The molecule has 0 aliphatic heterocycles. The molecule has 0 aliphatic carbocycles.